The van der Waals surface area contributed by atoms with Crippen molar-refractivity contribution in [3.8, 4) is 0 Å². The number of allylic oxidation sites excluding steroid dienone is 1. The number of ether oxygens (including phenoxy) is 1. The molecular weight excluding hydrogens is 112 g/mol. The molecule has 50 valence electrons. The molecule has 0 aromatic rings. The first-order chi connectivity index (χ1) is 4.40. The van der Waals surface area contributed by atoms with Gasteiger partial charge in [-0.05, 0) is 25.2 Å². The molecule has 0 radical (unpaired) electrons. The second-order valence-corrected chi connectivity index (χ2v) is 3.02. The Balaban J connectivity index is 1.93. The fourth-order valence-electron chi connectivity index (χ4n) is 1.65. The van der Waals surface area contributed by atoms with Gasteiger partial charge in [0.1, 0.15) is 0 Å². The van der Waals surface area contributed by atoms with Crippen molar-refractivity contribution in [3.63, 3.8) is 0 Å². The molecule has 1 heterocycles. The lowest BCUT2D eigenvalue weighted by molar-refractivity contribution is 0.370. The van der Waals surface area contributed by atoms with Gasteiger partial charge in [-0.15, -0.1) is 6.58 Å². The van der Waals surface area contributed by atoms with Crippen molar-refractivity contribution in [3.05, 3.63) is 12.7 Å². The number of rotatable bonds is 1. The molecule has 2 aliphatic rings. The summed E-state index contributed by atoms with van der Waals surface area (Å²) in [7, 11) is 0. The minimum atomic E-state index is 0.613. The topological polar surface area (TPSA) is 12.5 Å². The zero-order valence-electron chi connectivity index (χ0n) is 5.55. The van der Waals surface area contributed by atoms with Crippen molar-refractivity contribution >= 4 is 0 Å². The lowest BCUT2D eigenvalue weighted by Gasteiger charge is -2.12. The Morgan fingerprint density at radius 1 is 1.33 bits per heavy atom. The summed E-state index contributed by atoms with van der Waals surface area (Å²) in [5, 5.41) is 0. The highest BCUT2D eigenvalue weighted by Crippen LogP contribution is 2.39. The molecule has 0 bridgehead atoms. The SMILES string of the molecule is C=CC1CC[C@@H]2O[C@H]2C1. The van der Waals surface area contributed by atoms with Gasteiger partial charge in [0.15, 0.2) is 0 Å². The molecule has 2 rings (SSSR count). The number of fused-ring (bicyclic) bond motifs is 1. The highest BCUT2D eigenvalue weighted by Gasteiger charge is 2.42. The van der Waals surface area contributed by atoms with Crippen LogP contribution in [-0.4, -0.2) is 12.2 Å². The third kappa shape index (κ3) is 0.897. The minimum Gasteiger partial charge on any atom is -0.370 e. The second-order valence-electron chi connectivity index (χ2n) is 3.02. The summed E-state index contributed by atoms with van der Waals surface area (Å²) in [6, 6.07) is 0. The van der Waals surface area contributed by atoms with Crippen LogP contribution in [0, 0.1) is 5.92 Å². The number of hydrogen-bond acceptors (Lipinski definition) is 1. The standard InChI is InChI=1S/C8H12O/c1-2-6-3-4-7-8(5-6)9-7/h2,6-8H,1,3-5H2/t6?,7-,8-/m0/s1. The molecule has 0 amide bonds. The van der Waals surface area contributed by atoms with E-state index < -0.39 is 0 Å². The molecular formula is C8H12O. The molecule has 2 fully saturated rings. The Morgan fingerprint density at radius 2 is 2.22 bits per heavy atom. The van der Waals surface area contributed by atoms with Crippen LogP contribution in [0.4, 0.5) is 0 Å². The predicted octanol–water partition coefficient (Wildman–Crippen LogP) is 1.74. The summed E-state index contributed by atoms with van der Waals surface area (Å²) < 4.78 is 5.36. The molecule has 1 nitrogen and oxygen atoms in total. The molecule has 9 heavy (non-hydrogen) atoms. The maximum absolute atomic E-state index is 5.36. The molecule has 1 saturated heterocycles. The van der Waals surface area contributed by atoms with E-state index >= 15 is 0 Å². The van der Waals surface area contributed by atoms with Crippen LogP contribution >= 0.6 is 0 Å². The molecule has 0 N–H and O–H groups in total. The van der Waals surface area contributed by atoms with E-state index in [1.165, 1.54) is 19.3 Å². The van der Waals surface area contributed by atoms with Gasteiger partial charge in [0.2, 0.25) is 0 Å². The lowest BCUT2D eigenvalue weighted by atomic mass is 9.90. The van der Waals surface area contributed by atoms with Gasteiger partial charge >= 0.3 is 0 Å². The van der Waals surface area contributed by atoms with Crippen LogP contribution in [0.3, 0.4) is 0 Å². The van der Waals surface area contributed by atoms with Crippen molar-refractivity contribution < 1.29 is 4.74 Å². The summed E-state index contributed by atoms with van der Waals surface area (Å²) in [5.74, 6) is 0.744. The van der Waals surface area contributed by atoms with Crippen LogP contribution in [0.25, 0.3) is 0 Å². The molecule has 0 aromatic heterocycles. The Bertz CT molecular complexity index is 131. The van der Waals surface area contributed by atoms with Crippen LogP contribution in [0.1, 0.15) is 19.3 Å². The van der Waals surface area contributed by atoms with Crippen LogP contribution in [-0.2, 0) is 4.74 Å². The van der Waals surface area contributed by atoms with E-state index in [2.05, 4.69) is 12.7 Å². The normalized spacial score (nSPS) is 47.8. The van der Waals surface area contributed by atoms with E-state index in [1.54, 1.807) is 0 Å². The van der Waals surface area contributed by atoms with Crippen molar-refractivity contribution in [2.75, 3.05) is 0 Å². The van der Waals surface area contributed by atoms with E-state index in [4.69, 9.17) is 4.74 Å². The first kappa shape index (κ1) is 5.48. The smallest absolute Gasteiger partial charge is 0.0847 e. The number of epoxide rings is 1. The molecule has 0 aromatic carbocycles. The molecule has 3 atom stereocenters. The Hall–Kier alpha value is -0.300. The summed E-state index contributed by atoms with van der Waals surface area (Å²) in [6.07, 6.45) is 7.11. The predicted molar refractivity (Wildman–Crippen MR) is 36.2 cm³/mol. The third-order valence-electron chi connectivity index (χ3n) is 2.38. The maximum Gasteiger partial charge on any atom is 0.0847 e. The molecule has 1 saturated carbocycles. The van der Waals surface area contributed by atoms with Crippen molar-refractivity contribution in [1.82, 2.24) is 0 Å². The molecule has 1 aliphatic carbocycles. The van der Waals surface area contributed by atoms with Gasteiger partial charge in [-0.3, -0.25) is 0 Å². The fourth-order valence-corrected chi connectivity index (χ4v) is 1.65. The van der Waals surface area contributed by atoms with Gasteiger partial charge in [-0.2, -0.15) is 0 Å². The van der Waals surface area contributed by atoms with Crippen LogP contribution in [0.2, 0.25) is 0 Å². The van der Waals surface area contributed by atoms with E-state index in [9.17, 15) is 0 Å². The van der Waals surface area contributed by atoms with Crippen LogP contribution in [0.5, 0.6) is 0 Å². The molecule has 1 heteroatoms. The van der Waals surface area contributed by atoms with Gasteiger partial charge in [-0.1, -0.05) is 6.08 Å². The van der Waals surface area contributed by atoms with E-state index in [0.717, 1.165) is 5.92 Å². The summed E-state index contributed by atoms with van der Waals surface area (Å²) >= 11 is 0. The van der Waals surface area contributed by atoms with Crippen molar-refractivity contribution in [2.24, 2.45) is 5.92 Å². The average Bonchev–Trinajstić information content (AvgIpc) is 2.64. The van der Waals surface area contributed by atoms with Gasteiger partial charge in [0.05, 0.1) is 12.2 Å². The van der Waals surface area contributed by atoms with Gasteiger partial charge in [0, 0.05) is 0 Å². The van der Waals surface area contributed by atoms with Crippen molar-refractivity contribution in [1.29, 1.82) is 0 Å². The van der Waals surface area contributed by atoms with Gasteiger partial charge < -0.3 is 4.74 Å². The highest BCUT2D eigenvalue weighted by molar-refractivity contribution is 4.96. The maximum atomic E-state index is 5.36. The van der Waals surface area contributed by atoms with Crippen LogP contribution < -0.4 is 0 Å². The second kappa shape index (κ2) is 1.84. The Morgan fingerprint density at radius 3 is 2.89 bits per heavy atom. The van der Waals surface area contributed by atoms with E-state index in [-0.39, 0.29) is 0 Å². The largest absolute Gasteiger partial charge is 0.370 e. The van der Waals surface area contributed by atoms with Gasteiger partial charge in [-0.25, -0.2) is 0 Å². The molecule has 1 aliphatic heterocycles. The fraction of sp³-hybridized carbons (Fsp3) is 0.750. The van der Waals surface area contributed by atoms with E-state index in [1.807, 2.05) is 0 Å². The summed E-state index contributed by atoms with van der Waals surface area (Å²) in [4.78, 5) is 0. The van der Waals surface area contributed by atoms with Gasteiger partial charge in [0.25, 0.3) is 0 Å². The third-order valence-corrected chi connectivity index (χ3v) is 2.38. The zero-order chi connectivity index (χ0) is 6.27. The molecule has 1 unspecified atom stereocenters. The summed E-state index contributed by atoms with van der Waals surface area (Å²) in [6.45, 7) is 3.78. The molecule has 0 spiro atoms. The average molecular weight is 124 g/mol. The quantitative estimate of drug-likeness (QED) is 0.383. The monoisotopic (exact) mass is 124 g/mol. The first-order valence-electron chi connectivity index (χ1n) is 3.68. The number of hydrogen-bond donors (Lipinski definition) is 0. The lowest BCUT2D eigenvalue weighted by Crippen LogP contribution is -2.10. The Kier molecular flexibility index (Phi) is 1.12. The first-order valence-corrected chi connectivity index (χ1v) is 3.68. The highest BCUT2D eigenvalue weighted by atomic mass is 16.6. The minimum absolute atomic E-state index is 0.613. The van der Waals surface area contributed by atoms with Crippen LogP contribution in [0.15, 0.2) is 12.7 Å². The zero-order valence-corrected chi connectivity index (χ0v) is 5.55. The van der Waals surface area contributed by atoms with Crippen molar-refractivity contribution in [2.45, 2.75) is 31.5 Å². The van der Waals surface area contributed by atoms with E-state index in [0.29, 0.717) is 12.2 Å². The Labute approximate surface area is 55.7 Å². The summed E-state index contributed by atoms with van der Waals surface area (Å²) in [5.41, 5.74) is 0.